The van der Waals surface area contributed by atoms with Gasteiger partial charge in [0.25, 0.3) is 0 Å². The molecule has 1 rings (SSSR count). The summed E-state index contributed by atoms with van der Waals surface area (Å²) < 4.78 is 0. The monoisotopic (exact) mass is 605 g/mol. The van der Waals surface area contributed by atoms with Crippen LogP contribution < -0.4 is 42.5 Å². The number of nitrogens with two attached hydrogens (primary N) is 1. The first-order chi connectivity index (χ1) is 17.6. The van der Waals surface area contributed by atoms with Crippen LogP contribution in [0.2, 0.25) is 0 Å². The van der Waals surface area contributed by atoms with Crippen molar-refractivity contribution in [2.45, 2.75) is 181 Å². The summed E-state index contributed by atoms with van der Waals surface area (Å²) in [5.74, 6) is 0. The zero-order valence-corrected chi connectivity index (χ0v) is 28.8. The van der Waals surface area contributed by atoms with Crippen molar-refractivity contribution in [3.8, 4) is 0 Å². The molecular weight excluding hydrogens is 541 g/mol. The molecule has 0 aliphatic rings. The molecule has 1 nitrogen and oxygen atoms in total. The van der Waals surface area contributed by atoms with Crippen LogP contribution in [0, 0.1) is 0 Å². The zero-order valence-electron chi connectivity index (χ0n) is 26.5. The molecule has 0 spiro atoms. The Hall–Kier alpha value is 0.0500. The first-order valence-electron chi connectivity index (χ1n) is 16.5. The molecule has 0 saturated heterocycles. The van der Waals surface area contributed by atoms with Crippen LogP contribution in [0.4, 0.5) is 0 Å². The molecule has 1 aromatic carbocycles. The number of rotatable bonds is 26. The molecule has 1 aromatic rings. The highest BCUT2D eigenvalue weighted by molar-refractivity contribution is 5.31. The molecule has 0 heterocycles. The third-order valence-corrected chi connectivity index (χ3v) is 8.22. The molecule has 39 heavy (non-hydrogen) atoms. The third-order valence-electron chi connectivity index (χ3n) is 8.22. The van der Waals surface area contributed by atoms with Gasteiger partial charge in [-0.3, -0.25) is 0 Å². The second-order valence-electron chi connectivity index (χ2n) is 12.2. The van der Waals surface area contributed by atoms with E-state index < -0.39 is 0 Å². The Morgan fingerprint density at radius 2 is 0.846 bits per heavy atom. The lowest BCUT2D eigenvalue weighted by atomic mass is 9.87. The molecule has 234 valence electrons. The second kappa shape index (κ2) is 31.0. The summed E-state index contributed by atoms with van der Waals surface area (Å²) >= 11 is 0. The van der Waals surface area contributed by atoms with E-state index in [9.17, 15) is 0 Å². The maximum absolute atomic E-state index is 2.61. The predicted molar refractivity (Wildman–Crippen MR) is 163 cm³/mol. The first-order valence-corrected chi connectivity index (χ1v) is 16.5. The van der Waals surface area contributed by atoms with Crippen LogP contribution in [0.3, 0.4) is 0 Å². The van der Waals surface area contributed by atoms with Crippen molar-refractivity contribution in [2.24, 2.45) is 0 Å². The van der Waals surface area contributed by atoms with Crippen molar-refractivity contribution in [1.82, 2.24) is 0 Å². The SMILES string of the molecule is CCCCCCCCCCCCCC[NH2+]C(C)(C)c1ccccc1CCCCCCCCCCCC.[Cl-].[Cl-].[Cl-]. The molecule has 0 aliphatic heterocycles. The van der Waals surface area contributed by atoms with Crippen LogP contribution in [0.15, 0.2) is 24.3 Å². The molecule has 0 atom stereocenters. The largest absolute Gasteiger partial charge is 1.00 e. The Kier molecular flexibility index (Phi) is 34.6. The lowest BCUT2D eigenvalue weighted by molar-refractivity contribution is -0.729. The summed E-state index contributed by atoms with van der Waals surface area (Å²) in [4.78, 5) is 0. The molecule has 0 unspecified atom stereocenters. The Morgan fingerprint density at radius 3 is 1.28 bits per heavy atom. The number of unbranched alkanes of at least 4 members (excludes halogenated alkanes) is 20. The summed E-state index contributed by atoms with van der Waals surface area (Å²) in [7, 11) is 0. The van der Waals surface area contributed by atoms with Gasteiger partial charge in [0.15, 0.2) is 0 Å². The molecule has 2 N–H and O–H groups in total. The standard InChI is InChI=1S/C35H65N.3ClH/c1-5-7-9-11-13-15-17-18-20-22-24-28-32-36-35(3,4)34-31-27-26-30-33(34)29-25-23-21-19-16-14-12-10-8-6-2;;;/h26-27,30-31,36H,5-25,28-29,32H2,1-4H3;3*1H/p-2. The smallest absolute Gasteiger partial charge is 0.116 e. The maximum atomic E-state index is 2.61. The van der Waals surface area contributed by atoms with E-state index in [0.717, 1.165) is 0 Å². The van der Waals surface area contributed by atoms with Crippen molar-refractivity contribution in [3.63, 3.8) is 0 Å². The Balaban J connectivity index is -0.00000432. The van der Waals surface area contributed by atoms with E-state index >= 15 is 0 Å². The lowest BCUT2D eigenvalue weighted by Crippen LogP contribution is -3.00. The molecule has 0 aromatic heterocycles. The number of hydrogen-bond acceptors (Lipinski definition) is 0. The summed E-state index contributed by atoms with van der Waals surface area (Å²) in [6.07, 6.45) is 32.6. The van der Waals surface area contributed by atoms with Gasteiger partial charge < -0.3 is 42.5 Å². The average Bonchev–Trinajstić information content (AvgIpc) is 2.88. The number of hydrogen-bond donors (Lipinski definition) is 1. The second-order valence-corrected chi connectivity index (χ2v) is 12.2. The van der Waals surface area contributed by atoms with Crippen molar-refractivity contribution in [2.75, 3.05) is 6.54 Å². The average molecular weight is 607 g/mol. The quantitative estimate of drug-likeness (QED) is 0.155. The van der Waals surface area contributed by atoms with E-state index in [1.54, 1.807) is 11.1 Å². The summed E-state index contributed by atoms with van der Waals surface area (Å²) in [6.45, 7) is 10.7. The molecular formula is C35H66Cl3N-2. The van der Waals surface area contributed by atoms with Crippen molar-refractivity contribution < 1.29 is 42.5 Å². The minimum atomic E-state index is 0. The molecule has 4 heteroatoms. The summed E-state index contributed by atoms with van der Waals surface area (Å²) in [5, 5.41) is 2.61. The Labute approximate surface area is 264 Å². The number of benzene rings is 1. The van der Waals surface area contributed by atoms with E-state index in [2.05, 4.69) is 57.3 Å². The zero-order chi connectivity index (χ0) is 26.2. The fourth-order valence-electron chi connectivity index (χ4n) is 5.73. The van der Waals surface area contributed by atoms with E-state index in [1.807, 2.05) is 0 Å². The minimum absolute atomic E-state index is 0. The maximum Gasteiger partial charge on any atom is 0.116 e. The van der Waals surface area contributed by atoms with Gasteiger partial charge in [-0.15, -0.1) is 0 Å². The van der Waals surface area contributed by atoms with Crippen LogP contribution in [0.5, 0.6) is 0 Å². The summed E-state index contributed by atoms with van der Waals surface area (Å²) in [5.41, 5.74) is 3.35. The first kappa shape index (κ1) is 43.5. The van der Waals surface area contributed by atoms with Crippen LogP contribution in [-0.4, -0.2) is 6.54 Å². The molecule has 0 fully saturated rings. The summed E-state index contributed by atoms with van der Waals surface area (Å²) in [6, 6.07) is 9.28. The van der Waals surface area contributed by atoms with Crippen molar-refractivity contribution in [1.29, 1.82) is 0 Å². The predicted octanol–water partition coefficient (Wildman–Crippen LogP) is 1.66. The van der Waals surface area contributed by atoms with Gasteiger partial charge in [-0.1, -0.05) is 160 Å². The number of quaternary nitrogens is 1. The molecule has 0 amide bonds. The fourth-order valence-corrected chi connectivity index (χ4v) is 5.73. The van der Waals surface area contributed by atoms with Crippen LogP contribution in [0.25, 0.3) is 0 Å². The van der Waals surface area contributed by atoms with Crippen molar-refractivity contribution >= 4 is 0 Å². The third kappa shape index (κ3) is 24.4. The molecule has 0 bridgehead atoms. The number of halogens is 3. The van der Waals surface area contributed by atoms with Crippen LogP contribution in [-0.2, 0) is 12.0 Å². The topological polar surface area (TPSA) is 16.6 Å². The van der Waals surface area contributed by atoms with Gasteiger partial charge in [0.05, 0.1) is 6.54 Å². The minimum Gasteiger partial charge on any atom is -1.00 e. The van der Waals surface area contributed by atoms with Crippen molar-refractivity contribution in [3.05, 3.63) is 35.4 Å². The lowest BCUT2D eigenvalue weighted by Gasteiger charge is -2.26. The van der Waals surface area contributed by atoms with Gasteiger partial charge >= 0.3 is 0 Å². The molecule has 0 aliphatic carbocycles. The highest BCUT2D eigenvalue weighted by Crippen LogP contribution is 2.23. The van der Waals surface area contributed by atoms with Gasteiger partial charge in [0.1, 0.15) is 5.54 Å². The van der Waals surface area contributed by atoms with Gasteiger partial charge in [-0.25, -0.2) is 0 Å². The highest BCUT2D eigenvalue weighted by Gasteiger charge is 2.26. The van der Waals surface area contributed by atoms with Gasteiger partial charge in [-0.2, -0.15) is 0 Å². The van der Waals surface area contributed by atoms with E-state index in [1.165, 1.54) is 154 Å². The van der Waals surface area contributed by atoms with Crippen LogP contribution >= 0.6 is 0 Å². The normalized spacial score (nSPS) is 11.0. The van der Waals surface area contributed by atoms with E-state index in [0.29, 0.717) is 0 Å². The highest BCUT2D eigenvalue weighted by atomic mass is 35.5. The van der Waals surface area contributed by atoms with Gasteiger partial charge in [-0.05, 0) is 45.1 Å². The Morgan fingerprint density at radius 1 is 0.487 bits per heavy atom. The molecule has 0 radical (unpaired) electrons. The molecule has 0 saturated carbocycles. The van der Waals surface area contributed by atoms with Gasteiger partial charge in [0.2, 0.25) is 0 Å². The van der Waals surface area contributed by atoms with Crippen LogP contribution in [0.1, 0.15) is 180 Å². The number of aryl methyl sites for hydroxylation is 1. The van der Waals surface area contributed by atoms with E-state index in [4.69, 9.17) is 0 Å². The fraction of sp³-hybridized carbons (Fsp3) is 0.829. The van der Waals surface area contributed by atoms with Gasteiger partial charge in [0, 0.05) is 5.56 Å². The Bertz CT molecular complexity index is 605. The van der Waals surface area contributed by atoms with E-state index in [-0.39, 0.29) is 42.8 Å².